The van der Waals surface area contributed by atoms with Crippen LogP contribution in [0.5, 0.6) is 0 Å². The molecular weight excluding hydrogens is 275 g/mol. The number of nitrogens with one attached hydrogen (secondary N) is 1. The molecule has 0 saturated carbocycles. The van der Waals surface area contributed by atoms with E-state index in [9.17, 15) is 13.2 Å². The van der Waals surface area contributed by atoms with Crippen molar-refractivity contribution in [2.45, 2.75) is 65.2 Å². The van der Waals surface area contributed by atoms with E-state index in [0.29, 0.717) is 17.5 Å². The Morgan fingerprint density at radius 1 is 1.10 bits per heavy atom. The lowest BCUT2D eigenvalue weighted by molar-refractivity contribution is -0.137. The lowest BCUT2D eigenvalue weighted by Gasteiger charge is -2.25. The third-order valence-electron chi connectivity index (χ3n) is 4.08. The van der Waals surface area contributed by atoms with Gasteiger partial charge in [-0.15, -0.1) is 0 Å². The molecule has 0 bridgehead atoms. The molecule has 1 aromatic rings. The normalized spacial score (nSPS) is 16.5. The van der Waals surface area contributed by atoms with Gasteiger partial charge in [0.2, 0.25) is 0 Å². The van der Waals surface area contributed by atoms with Crippen molar-refractivity contribution >= 4 is 0 Å². The topological polar surface area (TPSA) is 12.0 Å². The second-order valence-electron chi connectivity index (χ2n) is 5.87. The first-order valence-electron chi connectivity index (χ1n) is 7.71. The highest BCUT2D eigenvalue weighted by Crippen LogP contribution is 2.31. The van der Waals surface area contributed by atoms with E-state index >= 15 is 0 Å². The monoisotopic (exact) mass is 301 g/mol. The highest BCUT2D eigenvalue weighted by atomic mass is 19.4. The molecule has 4 heteroatoms. The van der Waals surface area contributed by atoms with Crippen molar-refractivity contribution in [3.05, 3.63) is 35.4 Å². The molecule has 21 heavy (non-hydrogen) atoms. The van der Waals surface area contributed by atoms with Gasteiger partial charge in [0.05, 0.1) is 5.56 Å². The Kier molecular flexibility index (Phi) is 6.72. The van der Waals surface area contributed by atoms with Crippen LogP contribution in [0.25, 0.3) is 0 Å². The number of halogens is 3. The fourth-order valence-corrected chi connectivity index (χ4v) is 2.44. The second-order valence-corrected chi connectivity index (χ2v) is 5.87. The standard InChI is InChI=1S/C17H26F3N/c1-5-12(3)10-16(6-2)21-13(4)14-8-7-9-15(11-14)17(18,19)20/h7-9,11-13,16,21H,5-6,10H2,1-4H3. The van der Waals surface area contributed by atoms with E-state index in [1.807, 2.05) is 6.92 Å². The summed E-state index contributed by atoms with van der Waals surface area (Å²) in [6, 6.07) is 5.85. The minimum absolute atomic E-state index is 0.0821. The molecule has 3 unspecified atom stereocenters. The SMILES string of the molecule is CCC(C)CC(CC)NC(C)c1cccc(C(F)(F)F)c1. The maximum atomic E-state index is 12.8. The third-order valence-corrected chi connectivity index (χ3v) is 4.08. The summed E-state index contributed by atoms with van der Waals surface area (Å²) in [6.45, 7) is 8.40. The van der Waals surface area contributed by atoms with E-state index in [1.54, 1.807) is 6.07 Å². The van der Waals surface area contributed by atoms with Crippen LogP contribution in [-0.2, 0) is 6.18 Å². The number of rotatable bonds is 7. The maximum absolute atomic E-state index is 12.8. The summed E-state index contributed by atoms with van der Waals surface area (Å²) in [4.78, 5) is 0. The summed E-state index contributed by atoms with van der Waals surface area (Å²) in [5.74, 6) is 0.621. The Balaban J connectivity index is 2.76. The van der Waals surface area contributed by atoms with Crippen molar-refractivity contribution in [3.63, 3.8) is 0 Å². The van der Waals surface area contributed by atoms with Crippen molar-refractivity contribution < 1.29 is 13.2 Å². The first-order valence-corrected chi connectivity index (χ1v) is 7.71. The van der Waals surface area contributed by atoms with E-state index in [-0.39, 0.29) is 6.04 Å². The summed E-state index contributed by atoms with van der Waals surface area (Å²) < 4.78 is 38.3. The Morgan fingerprint density at radius 3 is 2.29 bits per heavy atom. The minimum Gasteiger partial charge on any atom is -0.307 e. The molecule has 0 aliphatic heterocycles. The fourth-order valence-electron chi connectivity index (χ4n) is 2.44. The fraction of sp³-hybridized carbons (Fsp3) is 0.647. The summed E-state index contributed by atoms with van der Waals surface area (Å²) in [5.41, 5.74) is 0.107. The average Bonchev–Trinajstić information content (AvgIpc) is 2.45. The second kappa shape index (κ2) is 7.83. The van der Waals surface area contributed by atoms with Crippen LogP contribution in [0.1, 0.15) is 64.1 Å². The molecule has 0 heterocycles. The molecule has 1 N–H and O–H groups in total. The summed E-state index contributed by atoms with van der Waals surface area (Å²) in [5, 5.41) is 3.46. The van der Waals surface area contributed by atoms with Gasteiger partial charge in [0.15, 0.2) is 0 Å². The summed E-state index contributed by atoms with van der Waals surface area (Å²) >= 11 is 0. The van der Waals surface area contributed by atoms with Crippen LogP contribution in [-0.4, -0.2) is 6.04 Å². The molecule has 1 aromatic carbocycles. The first kappa shape index (κ1) is 18.0. The maximum Gasteiger partial charge on any atom is 0.416 e. The van der Waals surface area contributed by atoms with Gasteiger partial charge in [-0.25, -0.2) is 0 Å². The van der Waals surface area contributed by atoms with Crippen molar-refractivity contribution in [1.82, 2.24) is 5.32 Å². The van der Waals surface area contributed by atoms with Gasteiger partial charge in [0.25, 0.3) is 0 Å². The van der Waals surface area contributed by atoms with Crippen LogP contribution in [0.4, 0.5) is 13.2 Å². The van der Waals surface area contributed by atoms with Crippen LogP contribution in [0.3, 0.4) is 0 Å². The van der Waals surface area contributed by atoms with Crippen LogP contribution < -0.4 is 5.32 Å². The summed E-state index contributed by atoms with van der Waals surface area (Å²) in [6.07, 6.45) is -1.13. The minimum atomic E-state index is -4.28. The van der Waals surface area contributed by atoms with Gasteiger partial charge < -0.3 is 5.32 Å². The van der Waals surface area contributed by atoms with E-state index < -0.39 is 11.7 Å². The van der Waals surface area contributed by atoms with Gasteiger partial charge in [-0.1, -0.05) is 39.3 Å². The molecule has 120 valence electrons. The molecule has 1 rings (SSSR count). The zero-order valence-electron chi connectivity index (χ0n) is 13.3. The Bertz CT molecular complexity index is 428. The largest absolute Gasteiger partial charge is 0.416 e. The lowest BCUT2D eigenvalue weighted by atomic mass is 9.96. The third kappa shape index (κ3) is 5.70. The van der Waals surface area contributed by atoms with E-state index in [0.717, 1.165) is 25.3 Å². The van der Waals surface area contributed by atoms with Crippen molar-refractivity contribution in [2.24, 2.45) is 5.92 Å². The van der Waals surface area contributed by atoms with Crippen molar-refractivity contribution in [2.75, 3.05) is 0 Å². The predicted molar refractivity (Wildman–Crippen MR) is 81.1 cm³/mol. The van der Waals surface area contributed by atoms with E-state index in [1.165, 1.54) is 12.1 Å². The van der Waals surface area contributed by atoms with Gasteiger partial charge in [-0.05, 0) is 43.4 Å². The van der Waals surface area contributed by atoms with Gasteiger partial charge in [0, 0.05) is 12.1 Å². The van der Waals surface area contributed by atoms with Gasteiger partial charge in [-0.3, -0.25) is 0 Å². The zero-order valence-corrected chi connectivity index (χ0v) is 13.3. The van der Waals surface area contributed by atoms with Gasteiger partial charge in [0.1, 0.15) is 0 Å². The van der Waals surface area contributed by atoms with E-state index in [4.69, 9.17) is 0 Å². The van der Waals surface area contributed by atoms with Crippen LogP contribution in [0.15, 0.2) is 24.3 Å². The predicted octanol–water partition coefficient (Wildman–Crippen LogP) is 5.57. The molecule has 1 nitrogen and oxygen atoms in total. The Labute approximate surface area is 125 Å². The molecule has 0 radical (unpaired) electrons. The molecule has 0 aliphatic rings. The smallest absolute Gasteiger partial charge is 0.307 e. The number of hydrogen-bond acceptors (Lipinski definition) is 1. The Morgan fingerprint density at radius 2 is 1.76 bits per heavy atom. The molecule has 3 atom stereocenters. The highest BCUT2D eigenvalue weighted by molar-refractivity contribution is 5.27. The number of hydrogen-bond donors (Lipinski definition) is 1. The van der Waals surface area contributed by atoms with E-state index in [2.05, 4.69) is 26.1 Å². The van der Waals surface area contributed by atoms with Gasteiger partial charge >= 0.3 is 6.18 Å². The quantitative estimate of drug-likeness (QED) is 0.694. The highest BCUT2D eigenvalue weighted by Gasteiger charge is 2.30. The number of benzene rings is 1. The summed E-state index contributed by atoms with van der Waals surface area (Å²) in [7, 11) is 0. The molecule has 0 spiro atoms. The van der Waals surface area contributed by atoms with Crippen LogP contribution in [0, 0.1) is 5.92 Å². The molecule has 0 aliphatic carbocycles. The first-order chi connectivity index (χ1) is 9.77. The molecular formula is C17H26F3N. The molecule has 0 amide bonds. The number of alkyl halides is 3. The average molecular weight is 301 g/mol. The molecule has 0 fully saturated rings. The molecule has 0 aromatic heterocycles. The lowest BCUT2D eigenvalue weighted by Crippen LogP contribution is -2.32. The van der Waals surface area contributed by atoms with Crippen LogP contribution in [0.2, 0.25) is 0 Å². The van der Waals surface area contributed by atoms with Crippen molar-refractivity contribution in [3.8, 4) is 0 Å². The molecule has 0 saturated heterocycles. The zero-order chi connectivity index (χ0) is 16.0. The van der Waals surface area contributed by atoms with Crippen LogP contribution >= 0.6 is 0 Å². The van der Waals surface area contributed by atoms with Crippen molar-refractivity contribution in [1.29, 1.82) is 0 Å². The Hall–Kier alpha value is -1.03. The van der Waals surface area contributed by atoms with Gasteiger partial charge in [-0.2, -0.15) is 13.2 Å².